The number of alkyl halides is 6. The third-order valence-electron chi connectivity index (χ3n) is 6.01. The van der Waals surface area contributed by atoms with Crippen molar-refractivity contribution in [3.05, 3.63) is 112 Å². The highest BCUT2D eigenvalue weighted by atomic mass is 19.4. The summed E-state index contributed by atoms with van der Waals surface area (Å²) in [6, 6.07) is 17.0. The summed E-state index contributed by atoms with van der Waals surface area (Å²) < 4.78 is 79.0. The molecule has 1 heterocycles. The van der Waals surface area contributed by atoms with Crippen molar-refractivity contribution in [2.24, 2.45) is 0 Å². The SMILES string of the molecule is [C-]#[N+]C(C#N)=C1c2ccccc2-c2nc(-c3ccc(C(F)(F)F)cc3)c(-c3ccc(C(F)(F)F)cc3)nc21. The van der Waals surface area contributed by atoms with Crippen LogP contribution in [0.15, 0.2) is 78.5 Å². The van der Waals surface area contributed by atoms with Crippen LogP contribution in [0.25, 0.3) is 44.2 Å². The summed E-state index contributed by atoms with van der Waals surface area (Å²) in [5.41, 5.74) is 0.493. The maximum atomic E-state index is 13.2. The number of aromatic nitrogens is 2. The Hall–Kier alpha value is -4.96. The van der Waals surface area contributed by atoms with Crippen molar-refractivity contribution in [1.29, 1.82) is 5.26 Å². The normalized spacial score (nSPS) is 13.8. The van der Waals surface area contributed by atoms with Gasteiger partial charge in [-0.3, -0.25) is 0 Å². The summed E-state index contributed by atoms with van der Waals surface area (Å²) >= 11 is 0. The van der Waals surface area contributed by atoms with E-state index >= 15 is 0 Å². The molecule has 5 rings (SSSR count). The van der Waals surface area contributed by atoms with Crippen molar-refractivity contribution >= 4 is 5.57 Å². The van der Waals surface area contributed by atoms with Gasteiger partial charge in [-0.1, -0.05) is 48.5 Å². The molecule has 3 aromatic carbocycles. The predicted octanol–water partition coefficient (Wildman–Crippen LogP) is 8.03. The van der Waals surface area contributed by atoms with Crippen molar-refractivity contribution < 1.29 is 26.3 Å². The minimum atomic E-state index is -4.58. The minimum absolute atomic E-state index is 0.0878. The Labute approximate surface area is 212 Å². The quantitative estimate of drug-likeness (QED) is 0.135. The first kappa shape index (κ1) is 24.7. The van der Waals surface area contributed by atoms with E-state index in [0.717, 1.165) is 24.3 Å². The number of hydrogen-bond acceptors (Lipinski definition) is 3. The number of allylic oxidation sites excluding steroid dienone is 1. The Bertz CT molecular complexity index is 1670. The Morgan fingerprint density at radius 3 is 1.53 bits per heavy atom. The van der Waals surface area contributed by atoms with E-state index in [4.69, 9.17) is 11.6 Å². The van der Waals surface area contributed by atoms with E-state index in [0.29, 0.717) is 16.8 Å². The largest absolute Gasteiger partial charge is 0.416 e. The van der Waals surface area contributed by atoms with Gasteiger partial charge in [0.2, 0.25) is 0 Å². The molecule has 1 aromatic heterocycles. The number of hydrogen-bond donors (Lipinski definition) is 0. The topological polar surface area (TPSA) is 53.9 Å². The molecule has 1 aliphatic rings. The summed E-state index contributed by atoms with van der Waals surface area (Å²) in [4.78, 5) is 12.7. The molecular formula is C28H12F6N4. The molecule has 0 aliphatic heterocycles. The highest BCUT2D eigenvalue weighted by Gasteiger charge is 2.33. The lowest BCUT2D eigenvalue weighted by Gasteiger charge is -2.14. The van der Waals surface area contributed by atoms with Gasteiger partial charge >= 0.3 is 12.4 Å². The Morgan fingerprint density at radius 1 is 0.658 bits per heavy atom. The van der Waals surface area contributed by atoms with Gasteiger partial charge in [0.25, 0.3) is 5.70 Å². The lowest BCUT2D eigenvalue weighted by Crippen LogP contribution is -2.05. The summed E-state index contributed by atoms with van der Waals surface area (Å²) in [7, 11) is 0. The van der Waals surface area contributed by atoms with E-state index in [1.54, 1.807) is 24.3 Å². The average Bonchev–Trinajstić information content (AvgIpc) is 3.21. The minimum Gasteiger partial charge on any atom is -0.244 e. The number of fused-ring (bicyclic) bond motifs is 3. The van der Waals surface area contributed by atoms with Crippen molar-refractivity contribution in [2.45, 2.75) is 12.4 Å². The number of benzene rings is 3. The molecule has 0 unspecified atom stereocenters. The van der Waals surface area contributed by atoms with Gasteiger partial charge in [-0.15, -0.1) is 0 Å². The molecule has 1 aliphatic carbocycles. The molecule has 4 nitrogen and oxygen atoms in total. The van der Waals surface area contributed by atoms with Gasteiger partial charge in [0, 0.05) is 22.3 Å². The zero-order valence-corrected chi connectivity index (χ0v) is 19.0. The molecule has 0 bridgehead atoms. The van der Waals surface area contributed by atoms with Crippen molar-refractivity contribution in [3.8, 4) is 39.8 Å². The van der Waals surface area contributed by atoms with Crippen LogP contribution in [0.1, 0.15) is 22.4 Å². The predicted molar refractivity (Wildman–Crippen MR) is 127 cm³/mol. The standard InChI is InChI=1S/C28H12F6N4/c1-36-21(14-35)22-19-4-2-3-5-20(19)25-26(22)38-24(16-8-12-18(13-9-16)28(32,33)34)23(37-25)15-6-10-17(11-7-15)27(29,30)31/h2-13H. The molecule has 0 atom stereocenters. The molecular weight excluding hydrogens is 506 g/mol. The first-order valence-corrected chi connectivity index (χ1v) is 10.9. The zero-order valence-electron chi connectivity index (χ0n) is 19.0. The van der Waals surface area contributed by atoms with Crippen LogP contribution in [0.5, 0.6) is 0 Å². The maximum Gasteiger partial charge on any atom is 0.416 e. The van der Waals surface area contributed by atoms with Gasteiger partial charge in [0.15, 0.2) is 0 Å². The van der Waals surface area contributed by atoms with Crippen LogP contribution in [-0.2, 0) is 12.4 Å². The van der Waals surface area contributed by atoms with E-state index in [2.05, 4.69) is 9.83 Å². The fourth-order valence-corrected chi connectivity index (χ4v) is 4.25. The number of halogens is 6. The molecule has 0 saturated carbocycles. The molecule has 0 amide bonds. The summed E-state index contributed by atoms with van der Waals surface area (Å²) in [6.07, 6.45) is -9.14. The maximum absolute atomic E-state index is 13.2. The van der Waals surface area contributed by atoms with Crippen LogP contribution >= 0.6 is 0 Å². The van der Waals surface area contributed by atoms with E-state index < -0.39 is 23.5 Å². The first-order valence-electron chi connectivity index (χ1n) is 10.9. The molecule has 0 N–H and O–H groups in total. The summed E-state index contributed by atoms with van der Waals surface area (Å²) in [5.74, 6) is 0. The van der Waals surface area contributed by atoms with Crippen molar-refractivity contribution in [1.82, 2.24) is 9.97 Å². The average molecular weight is 518 g/mol. The number of rotatable bonds is 2. The fraction of sp³-hybridized carbons (Fsp3) is 0.0714. The molecule has 0 saturated heterocycles. The molecule has 0 radical (unpaired) electrons. The summed E-state index contributed by atoms with van der Waals surface area (Å²) in [6.45, 7) is 7.45. The van der Waals surface area contributed by atoms with Gasteiger partial charge in [0.05, 0.1) is 46.5 Å². The smallest absolute Gasteiger partial charge is 0.244 e. The van der Waals surface area contributed by atoms with Gasteiger partial charge < -0.3 is 0 Å². The van der Waals surface area contributed by atoms with Gasteiger partial charge in [0.1, 0.15) is 0 Å². The monoisotopic (exact) mass is 518 g/mol. The van der Waals surface area contributed by atoms with Crippen LogP contribution in [0.3, 0.4) is 0 Å². The Balaban J connectivity index is 1.80. The molecule has 38 heavy (non-hydrogen) atoms. The van der Waals surface area contributed by atoms with Crippen LogP contribution in [-0.4, -0.2) is 9.97 Å². The second-order valence-electron chi connectivity index (χ2n) is 8.26. The second-order valence-corrected chi connectivity index (χ2v) is 8.26. The molecule has 10 heteroatoms. The first-order chi connectivity index (χ1) is 18.0. The van der Waals surface area contributed by atoms with Gasteiger partial charge in [-0.25, -0.2) is 20.1 Å². The van der Waals surface area contributed by atoms with Crippen LogP contribution < -0.4 is 0 Å². The van der Waals surface area contributed by atoms with Crippen LogP contribution in [0, 0.1) is 17.9 Å². The van der Waals surface area contributed by atoms with Gasteiger partial charge in [-0.2, -0.15) is 26.3 Å². The second kappa shape index (κ2) is 8.86. The highest BCUT2D eigenvalue weighted by Crippen LogP contribution is 2.46. The van der Waals surface area contributed by atoms with Crippen LogP contribution in [0.2, 0.25) is 0 Å². The zero-order chi connectivity index (χ0) is 27.2. The Kier molecular flexibility index (Phi) is 5.76. The molecule has 0 spiro atoms. The lowest BCUT2D eigenvalue weighted by atomic mass is 10.0. The number of nitriles is 1. The van der Waals surface area contributed by atoms with Crippen molar-refractivity contribution in [3.63, 3.8) is 0 Å². The van der Waals surface area contributed by atoms with E-state index in [1.165, 1.54) is 24.3 Å². The van der Waals surface area contributed by atoms with Crippen LogP contribution in [0.4, 0.5) is 26.3 Å². The van der Waals surface area contributed by atoms with Gasteiger partial charge in [-0.05, 0) is 29.8 Å². The van der Waals surface area contributed by atoms with E-state index in [1.807, 2.05) is 6.07 Å². The molecule has 0 fully saturated rings. The number of nitrogens with zero attached hydrogens (tertiary/aromatic N) is 4. The molecule has 186 valence electrons. The summed E-state index contributed by atoms with van der Waals surface area (Å²) in [5, 5.41) is 9.59. The van der Waals surface area contributed by atoms with Crippen molar-refractivity contribution in [2.75, 3.05) is 0 Å². The lowest BCUT2D eigenvalue weighted by molar-refractivity contribution is -0.138. The van der Waals surface area contributed by atoms with E-state index in [-0.39, 0.29) is 39.5 Å². The third kappa shape index (κ3) is 4.16. The third-order valence-corrected chi connectivity index (χ3v) is 6.01. The fourth-order valence-electron chi connectivity index (χ4n) is 4.25. The van der Waals surface area contributed by atoms with E-state index in [9.17, 15) is 31.6 Å². The Morgan fingerprint density at radius 2 is 1.11 bits per heavy atom. The molecule has 4 aromatic rings. The highest BCUT2D eigenvalue weighted by molar-refractivity contribution is 6.02.